The Kier molecular flexibility index (Phi) is 4.72. The zero-order chi connectivity index (χ0) is 17.4. The number of thioether (sulfide) groups is 1. The summed E-state index contributed by atoms with van der Waals surface area (Å²) in [7, 11) is -2.98. The minimum absolute atomic E-state index is 0.0548. The summed E-state index contributed by atoms with van der Waals surface area (Å²) in [4.78, 5) is 23.4. The summed E-state index contributed by atoms with van der Waals surface area (Å²) in [6, 6.07) is -0.252. The largest absolute Gasteiger partial charge is 0.352 e. The van der Waals surface area contributed by atoms with Gasteiger partial charge in [0.2, 0.25) is 5.91 Å². The number of rotatable bonds is 4. The Hall–Kier alpha value is -1.19. The molecule has 2 aromatic heterocycles. The fourth-order valence-electron chi connectivity index (χ4n) is 3.48. The van der Waals surface area contributed by atoms with Crippen molar-refractivity contribution in [2.75, 3.05) is 17.3 Å². The fraction of sp³-hybridized carbons (Fsp3) is 0.562. The highest BCUT2D eigenvalue weighted by atomic mass is 32.2. The Bertz CT molecular complexity index is 923. The Morgan fingerprint density at radius 2 is 2.16 bits per heavy atom. The number of aromatic nitrogens is 2. The molecule has 9 heteroatoms. The predicted molar refractivity (Wildman–Crippen MR) is 100.0 cm³/mol. The number of thiophene rings is 1. The van der Waals surface area contributed by atoms with Gasteiger partial charge in [-0.3, -0.25) is 4.79 Å². The lowest BCUT2D eigenvalue weighted by atomic mass is 9.97. The summed E-state index contributed by atoms with van der Waals surface area (Å²) in [5.74, 6) is 0.327. The van der Waals surface area contributed by atoms with Crippen LogP contribution < -0.4 is 5.32 Å². The maximum atomic E-state index is 12.2. The predicted octanol–water partition coefficient (Wildman–Crippen LogP) is 1.97. The van der Waals surface area contributed by atoms with Gasteiger partial charge in [0.1, 0.15) is 16.2 Å². The molecule has 25 heavy (non-hydrogen) atoms. The van der Waals surface area contributed by atoms with Crippen LogP contribution in [0.5, 0.6) is 0 Å². The van der Waals surface area contributed by atoms with Gasteiger partial charge < -0.3 is 5.32 Å². The molecule has 0 unspecified atom stereocenters. The van der Waals surface area contributed by atoms with Crippen molar-refractivity contribution in [3.63, 3.8) is 0 Å². The van der Waals surface area contributed by atoms with Gasteiger partial charge in [0, 0.05) is 16.3 Å². The van der Waals surface area contributed by atoms with Crippen LogP contribution in [0.4, 0.5) is 0 Å². The van der Waals surface area contributed by atoms with E-state index in [-0.39, 0.29) is 29.2 Å². The molecule has 2 aliphatic rings. The van der Waals surface area contributed by atoms with Gasteiger partial charge in [0.15, 0.2) is 9.84 Å². The second-order valence-electron chi connectivity index (χ2n) is 6.53. The highest BCUT2D eigenvalue weighted by Crippen LogP contribution is 2.39. The van der Waals surface area contributed by atoms with E-state index in [1.165, 1.54) is 35.0 Å². The topological polar surface area (TPSA) is 89.0 Å². The third-order valence-electron chi connectivity index (χ3n) is 4.65. The van der Waals surface area contributed by atoms with Crippen LogP contribution in [0.25, 0.3) is 10.2 Å². The van der Waals surface area contributed by atoms with E-state index in [2.05, 4.69) is 15.3 Å². The molecular weight excluding hydrogens is 378 g/mol. The molecule has 1 amide bonds. The maximum absolute atomic E-state index is 12.2. The lowest BCUT2D eigenvalue weighted by molar-refractivity contribution is -0.119. The van der Waals surface area contributed by atoms with E-state index in [0.29, 0.717) is 6.42 Å². The molecule has 1 aliphatic heterocycles. The first kappa shape index (κ1) is 17.2. The van der Waals surface area contributed by atoms with Crippen molar-refractivity contribution < 1.29 is 13.2 Å². The van der Waals surface area contributed by atoms with Crippen LogP contribution in [0.15, 0.2) is 11.4 Å². The highest BCUT2D eigenvalue weighted by molar-refractivity contribution is 8.00. The van der Waals surface area contributed by atoms with Crippen LogP contribution in [0.3, 0.4) is 0 Å². The molecule has 1 fully saturated rings. The van der Waals surface area contributed by atoms with Gasteiger partial charge in [-0.1, -0.05) is 11.8 Å². The van der Waals surface area contributed by atoms with Gasteiger partial charge in [0.25, 0.3) is 0 Å². The number of amides is 1. The van der Waals surface area contributed by atoms with E-state index in [4.69, 9.17) is 0 Å². The Morgan fingerprint density at radius 1 is 1.32 bits per heavy atom. The lowest BCUT2D eigenvalue weighted by Crippen LogP contribution is -2.36. The van der Waals surface area contributed by atoms with E-state index >= 15 is 0 Å². The van der Waals surface area contributed by atoms with Crippen molar-refractivity contribution in [1.82, 2.24) is 15.3 Å². The molecule has 0 bridgehead atoms. The molecule has 0 saturated carbocycles. The van der Waals surface area contributed by atoms with E-state index in [1.807, 2.05) is 0 Å². The third kappa shape index (κ3) is 3.68. The molecule has 6 nitrogen and oxygen atoms in total. The molecule has 0 aromatic carbocycles. The van der Waals surface area contributed by atoms with E-state index < -0.39 is 9.84 Å². The van der Waals surface area contributed by atoms with Crippen LogP contribution in [0.1, 0.15) is 29.7 Å². The molecular formula is C16H19N3O3S3. The molecule has 1 N–H and O–H groups in total. The third-order valence-corrected chi connectivity index (χ3v) is 8.61. The normalized spacial score (nSPS) is 22.0. The van der Waals surface area contributed by atoms with Crippen molar-refractivity contribution in [1.29, 1.82) is 0 Å². The van der Waals surface area contributed by atoms with Crippen molar-refractivity contribution >= 4 is 49.1 Å². The molecule has 4 rings (SSSR count). The number of hydrogen-bond acceptors (Lipinski definition) is 7. The van der Waals surface area contributed by atoms with Gasteiger partial charge in [-0.2, -0.15) is 0 Å². The Labute approximate surface area is 154 Å². The molecule has 134 valence electrons. The maximum Gasteiger partial charge on any atom is 0.230 e. The van der Waals surface area contributed by atoms with Gasteiger partial charge in [-0.05, 0) is 37.7 Å². The SMILES string of the molecule is O=C(CSc1ncnc2sc3c(c12)CCCC3)N[C@@H]1CCS(=O)(=O)C1. The summed E-state index contributed by atoms with van der Waals surface area (Å²) < 4.78 is 23.0. The van der Waals surface area contributed by atoms with Crippen molar-refractivity contribution in [3.8, 4) is 0 Å². The smallest absolute Gasteiger partial charge is 0.230 e. The zero-order valence-corrected chi connectivity index (χ0v) is 16.1. The minimum Gasteiger partial charge on any atom is -0.352 e. The van der Waals surface area contributed by atoms with Crippen LogP contribution in [0, 0.1) is 0 Å². The van der Waals surface area contributed by atoms with Gasteiger partial charge >= 0.3 is 0 Å². The fourth-order valence-corrected chi connectivity index (χ4v) is 7.29. The number of carbonyl (C=O) groups is 1. The standard InChI is InChI=1S/C16H19N3O3S3/c20-13(19-10-5-6-25(21,22)8-10)7-23-15-14-11-3-1-2-4-12(11)24-16(14)18-9-17-15/h9-10H,1-8H2,(H,19,20)/t10-/m1/s1. The Balaban J connectivity index is 1.46. The number of nitrogens with one attached hydrogen (secondary N) is 1. The molecule has 0 radical (unpaired) electrons. The molecule has 2 aromatic rings. The van der Waals surface area contributed by atoms with Crippen LogP contribution in [0.2, 0.25) is 0 Å². The number of nitrogens with zero attached hydrogens (tertiary/aromatic N) is 2. The number of fused-ring (bicyclic) bond motifs is 3. The second-order valence-corrected chi connectivity index (χ2v) is 10.8. The number of aryl methyl sites for hydroxylation is 2. The van der Waals surface area contributed by atoms with E-state index in [0.717, 1.165) is 28.1 Å². The van der Waals surface area contributed by atoms with E-state index in [9.17, 15) is 13.2 Å². The quantitative estimate of drug-likeness (QED) is 0.627. The van der Waals surface area contributed by atoms with Crippen LogP contribution >= 0.6 is 23.1 Å². The van der Waals surface area contributed by atoms with Crippen molar-refractivity contribution in [2.45, 2.75) is 43.2 Å². The number of carbonyl (C=O) groups excluding carboxylic acids is 1. The van der Waals surface area contributed by atoms with Crippen molar-refractivity contribution in [3.05, 3.63) is 16.8 Å². The summed E-state index contributed by atoms with van der Waals surface area (Å²) in [5.41, 5.74) is 1.36. The summed E-state index contributed by atoms with van der Waals surface area (Å²) in [6.07, 6.45) is 6.65. The van der Waals surface area contributed by atoms with Gasteiger partial charge in [-0.15, -0.1) is 11.3 Å². The Morgan fingerprint density at radius 3 is 2.96 bits per heavy atom. The first-order valence-corrected chi connectivity index (χ1v) is 12.0. The number of sulfone groups is 1. The average molecular weight is 398 g/mol. The van der Waals surface area contributed by atoms with Crippen LogP contribution in [-0.4, -0.2) is 47.6 Å². The molecule has 0 spiro atoms. The van der Waals surface area contributed by atoms with Gasteiger partial charge in [-0.25, -0.2) is 18.4 Å². The first-order chi connectivity index (χ1) is 12.0. The monoisotopic (exact) mass is 397 g/mol. The molecule has 1 saturated heterocycles. The van der Waals surface area contributed by atoms with Gasteiger partial charge in [0.05, 0.1) is 17.3 Å². The van der Waals surface area contributed by atoms with Crippen LogP contribution in [-0.2, 0) is 27.5 Å². The second kappa shape index (κ2) is 6.85. The number of hydrogen-bond donors (Lipinski definition) is 1. The molecule has 1 aliphatic carbocycles. The summed E-state index contributed by atoms with van der Waals surface area (Å²) in [5, 5.41) is 4.80. The average Bonchev–Trinajstić information content (AvgIpc) is 3.12. The summed E-state index contributed by atoms with van der Waals surface area (Å²) in [6.45, 7) is 0. The highest BCUT2D eigenvalue weighted by Gasteiger charge is 2.29. The summed E-state index contributed by atoms with van der Waals surface area (Å²) >= 11 is 3.16. The lowest BCUT2D eigenvalue weighted by Gasteiger charge is -2.12. The minimum atomic E-state index is -2.98. The molecule has 3 heterocycles. The zero-order valence-electron chi connectivity index (χ0n) is 13.7. The van der Waals surface area contributed by atoms with Crippen molar-refractivity contribution in [2.24, 2.45) is 0 Å². The van der Waals surface area contributed by atoms with E-state index in [1.54, 1.807) is 17.7 Å². The molecule has 1 atom stereocenters. The first-order valence-electron chi connectivity index (χ1n) is 8.40.